The SMILES string of the molecule is CC1CN(CCN)c2c(cccc2C(C)C)S1. The van der Waals surface area contributed by atoms with Crippen molar-refractivity contribution in [3.63, 3.8) is 0 Å². The number of anilines is 1. The van der Waals surface area contributed by atoms with Crippen molar-refractivity contribution in [3.8, 4) is 0 Å². The molecular formula is C14H22N2S. The molecule has 2 N–H and O–H groups in total. The fourth-order valence-corrected chi connectivity index (χ4v) is 3.66. The average molecular weight is 250 g/mol. The van der Waals surface area contributed by atoms with E-state index in [0.29, 0.717) is 11.2 Å². The molecular weight excluding hydrogens is 228 g/mol. The molecule has 94 valence electrons. The van der Waals surface area contributed by atoms with Crippen LogP contribution in [0.4, 0.5) is 5.69 Å². The summed E-state index contributed by atoms with van der Waals surface area (Å²) in [6, 6.07) is 6.68. The molecule has 0 spiro atoms. The second-order valence-electron chi connectivity index (χ2n) is 5.01. The van der Waals surface area contributed by atoms with Gasteiger partial charge in [0.25, 0.3) is 0 Å². The Morgan fingerprint density at radius 2 is 2.24 bits per heavy atom. The van der Waals surface area contributed by atoms with Gasteiger partial charge in [-0.2, -0.15) is 0 Å². The average Bonchev–Trinajstić information content (AvgIpc) is 2.28. The maximum Gasteiger partial charge on any atom is 0.0540 e. The molecule has 1 heterocycles. The highest BCUT2D eigenvalue weighted by Crippen LogP contribution is 2.42. The molecule has 1 aliphatic rings. The van der Waals surface area contributed by atoms with Crippen LogP contribution in [0.25, 0.3) is 0 Å². The van der Waals surface area contributed by atoms with Crippen molar-refractivity contribution in [2.75, 3.05) is 24.5 Å². The van der Waals surface area contributed by atoms with Gasteiger partial charge in [-0.15, -0.1) is 11.8 Å². The van der Waals surface area contributed by atoms with Crippen LogP contribution in [0.3, 0.4) is 0 Å². The lowest BCUT2D eigenvalue weighted by Gasteiger charge is -2.36. The van der Waals surface area contributed by atoms with Gasteiger partial charge in [-0.3, -0.25) is 0 Å². The fraction of sp³-hybridized carbons (Fsp3) is 0.571. The van der Waals surface area contributed by atoms with Crippen LogP contribution in [0.15, 0.2) is 23.1 Å². The topological polar surface area (TPSA) is 29.3 Å². The van der Waals surface area contributed by atoms with Crippen molar-refractivity contribution < 1.29 is 0 Å². The van der Waals surface area contributed by atoms with E-state index in [1.807, 2.05) is 11.8 Å². The Balaban J connectivity index is 2.44. The molecule has 2 rings (SSSR count). The van der Waals surface area contributed by atoms with Crippen molar-refractivity contribution in [1.29, 1.82) is 0 Å². The molecule has 1 aromatic carbocycles. The second-order valence-corrected chi connectivity index (χ2v) is 6.49. The largest absolute Gasteiger partial charge is 0.368 e. The summed E-state index contributed by atoms with van der Waals surface area (Å²) in [5, 5.41) is 0.650. The van der Waals surface area contributed by atoms with Gasteiger partial charge in [-0.25, -0.2) is 0 Å². The Labute approximate surface area is 109 Å². The molecule has 0 aromatic heterocycles. The summed E-state index contributed by atoms with van der Waals surface area (Å²) in [6.45, 7) is 9.61. The van der Waals surface area contributed by atoms with E-state index in [4.69, 9.17) is 5.73 Å². The van der Waals surface area contributed by atoms with Crippen LogP contribution in [-0.2, 0) is 0 Å². The van der Waals surface area contributed by atoms with E-state index in [0.717, 1.165) is 19.6 Å². The van der Waals surface area contributed by atoms with Crippen molar-refractivity contribution in [2.45, 2.75) is 36.8 Å². The first-order chi connectivity index (χ1) is 8.13. The molecule has 0 amide bonds. The van der Waals surface area contributed by atoms with Gasteiger partial charge in [0.15, 0.2) is 0 Å². The summed E-state index contributed by atoms with van der Waals surface area (Å²) in [6.07, 6.45) is 0. The molecule has 0 bridgehead atoms. The van der Waals surface area contributed by atoms with Crippen LogP contribution >= 0.6 is 11.8 Å². The van der Waals surface area contributed by atoms with Gasteiger partial charge in [-0.1, -0.05) is 32.9 Å². The lowest BCUT2D eigenvalue weighted by Crippen LogP contribution is -2.37. The summed E-state index contributed by atoms with van der Waals surface area (Å²) in [4.78, 5) is 3.88. The quantitative estimate of drug-likeness (QED) is 0.894. The molecule has 17 heavy (non-hydrogen) atoms. The molecule has 1 aromatic rings. The van der Waals surface area contributed by atoms with Crippen molar-refractivity contribution >= 4 is 17.4 Å². The highest BCUT2D eigenvalue weighted by atomic mass is 32.2. The van der Waals surface area contributed by atoms with Crippen molar-refractivity contribution in [2.24, 2.45) is 5.73 Å². The third-order valence-corrected chi connectivity index (χ3v) is 4.31. The fourth-order valence-electron chi connectivity index (χ4n) is 2.45. The van der Waals surface area contributed by atoms with Crippen LogP contribution in [0.5, 0.6) is 0 Å². The van der Waals surface area contributed by atoms with Gasteiger partial charge in [0, 0.05) is 29.8 Å². The molecule has 0 saturated carbocycles. The molecule has 1 aliphatic heterocycles. The van der Waals surface area contributed by atoms with E-state index in [9.17, 15) is 0 Å². The number of rotatable bonds is 3. The Bertz CT molecular complexity index is 390. The smallest absolute Gasteiger partial charge is 0.0540 e. The van der Waals surface area contributed by atoms with E-state index >= 15 is 0 Å². The minimum atomic E-state index is 0.569. The third kappa shape index (κ3) is 2.61. The Morgan fingerprint density at radius 3 is 2.88 bits per heavy atom. The van der Waals surface area contributed by atoms with Gasteiger partial charge < -0.3 is 10.6 Å². The molecule has 3 heteroatoms. The van der Waals surface area contributed by atoms with Gasteiger partial charge in [0.2, 0.25) is 0 Å². The number of hydrogen-bond acceptors (Lipinski definition) is 3. The molecule has 1 atom stereocenters. The Hall–Kier alpha value is -0.670. The van der Waals surface area contributed by atoms with Gasteiger partial charge >= 0.3 is 0 Å². The number of para-hydroxylation sites is 1. The number of thioether (sulfide) groups is 1. The minimum absolute atomic E-state index is 0.569. The number of benzene rings is 1. The standard InChI is InChI=1S/C14H22N2S/c1-10(2)12-5-4-6-13-14(12)16(8-7-15)9-11(3)17-13/h4-6,10-11H,7-9,15H2,1-3H3. The summed E-state index contributed by atoms with van der Waals surface area (Å²) >= 11 is 1.99. The summed E-state index contributed by atoms with van der Waals surface area (Å²) in [5.41, 5.74) is 8.62. The molecule has 0 saturated heterocycles. The third-order valence-electron chi connectivity index (χ3n) is 3.17. The summed E-state index contributed by atoms with van der Waals surface area (Å²) < 4.78 is 0. The molecule has 1 unspecified atom stereocenters. The summed E-state index contributed by atoms with van der Waals surface area (Å²) in [7, 11) is 0. The van der Waals surface area contributed by atoms with Gasteiger partial charge in [0.1, 0.15) is 0 Å². The van der Waals surface area contributed by atoms with Crippen LogP contribution < -0.4 is 10.6 Å². The van der Waals surface area contributed by atoms with Crippen LogP contribution in [0.2, 0.25) is 0 Å². The van der Waals surface area contributed by atoms with Crippen LogP contribution in [0.1, 0.15) is 32.3 Å². The zero-order chi connectivity index (χ0) is 12.4. The van der Waals surface area contributed by atoms with Gasteiger partial charge in [0.05, 0.1) is 5.69 Å². The Morgan fingerprint density at radius 1 is 1.47 bits per heavy atom. The predicted octanol–water partition coefficient (Wildman–Crippen LogP) is 3.07. The van der Waals surface area contributed by atoms with Crippen LogP contribution in [0, 0.1) is 0 Å². The monoisotopic (exact) mass is 250 g/mol. The van der Waals surface area contributed by atoms with E-state index in [2.05, 4.69) is 43.9 Å². The zero-order valence-corrected chi connectivity index (χ0v) is 11.8. The first-order valence-corrected chi connectivity index (χ1v) is 7.26. The molecule has 0 fully saturated rings. The number of nitrogens with two attached hydrogens (primary N) is 1. The maximum atomic E-state index is 5.74. The van der Waals surface area contributed by atoms with Crippen molar-refractivity contribution in [3.05, 3.63) is 23.8 Å². The second kappa shape index (κ2) is 5.32. The minimum Gasteiger partial charge on any atom is -0.368 e. The van der Waals surface area contributed by atoms with E-state index in [1.54, 1.807) is 0 Å². The number of nitrogens with zero attached hydrogens (tertiary/aromatic N) is 1. The maximum absolute atomic E-state index is 5.74. The predicted molar refractivity (Wildman–Crippen MR) is 77.1 cm³/mol. The highest BCUT2D eigenvalue weighted by Gasteiger charge is 2.24. The van der Waals surface area contributed by atoms with E-state index in [1.165, 1.54) is 16.1 Å². The zero-order valence-electron chi connectivity index (χ0n) is 10.9. The Kier molecular flexibility index (Phi) is 4.00. The normalized spacial score (nSPS) is 19.6. The molecule has 0 radical (unpaired) electrons. The lowest BCUT2D eigenvalue weighted by molar-refractivity contribution is 0.736. The highest BCUT2D eigenvalue weighted by molar-refractivity contribution is 8.00. The first-order valence-electron chi connectivity index (χ1n) is 6.38. The first kappa shape index (κ1) is 12.8. The van der Waals surface area contributed by atoms with E-state index < -0.39 is 0 Å². The van der Waals surface area contributed by atoms with Crippen LogP contribution in [-0.4, -0.2) is 24.9 Å². The van der Waals surface area contributed by atoms with Crippen molar-refractivity contribution in [1.82, 2.24) is 0 Å². The van der Waals surface area contributed by atoms with Gasteiger partial charge in [-0.05, 0) is 17.5 Å². The lowest BCUT2D eigenvalue weighted by atomic mass is 10.00. The summed E-state index contributed by atoms with van der Waals surface area (Å²) in [5.74, 6) is 0.569. The number of fused-ring (bicyclic) bond motifs is 1. The molecule has 2 nitrogen and oxygen atoms in total. The number of hydrogen-bond donors (Lipinski definition) is 1. The molecule has 0 aliphatic carbocycles. The van der Waals surface area contributed by atoms with E-state index in [-0.39, 0.29) is 0 Å².